The number of hydrogen-bond acceptors (Lipinski definition) is 7. The van der Waals surface area contributed by atoms with Crippen LogP contribution in [0.25, 0.3) is 0 Å². The largest absolute Gasteiger partial charge is 0.457 e. The highest BCUT2D eigenvalue weighted by atomic mass is 32.2. The van der Waals surface area contributed by atoms with Gasteiger partial charge >= 0.3 is 43.9 Å². The van der Waals surface area contributed by atoms with Crippen LogP contribution in [0.4, 0.5) is 35.1 Å². The second kappa shape index (κ2) is 12.3. The van der Waals surface area contributed by atoms with Crippen molar-refractivity contribution in [2.24, 2.45) is 0 Å². The number of benzene rings is 4. The monoisotopic (exact) mass is 710 g/mol. The third-order valence-corrected chi connectivity index (χ3v) is 7.34. The Morgan fingerprint density at radius 2 is 0.723 bits per heavy atom. The van der Waals surface area contributed by atoms with Gasteiger partial charge < -0.3 is 13.1 Å². The standard InChI is InChI=1S/C30H22F8O7S2/c1-46(39,40)44-25-7-3-5-21(17-25)29(35,36)27(31,32)19-9-13-23(14-10-19)43-24-15-11-20(12-16-24)28(33,34)30(37,38)22-6-4-8-26(18-22)45-47(2,41)42/h3-18H,1-2H3. The summed E-state index contributed by atoms with van der Waals surface area (Å²) in [4.78, 5) is 0. The van der Waals surface area contributed by atoms with E-state index in [9.17, 15) is 34.4 Å². The Bertz CT molecular complexity index is 1820. The molecule has 4 rings (SSSR count). The molecule has 0 aliphatic carbocycles. The minimum Gasteiger partial charge on any atom is -0.457 e. The van der Waals surface area contributed by atoms with Gasteiger partial charge in [-0.1, -0.05) is 24.3 Å². The van der Waals surface area contributed by atoms with E-state index in [1.165, 1.54) is 0 Å². The minimum atomic E-state index is -4.84. The average molecular weight is 711 g/mol. The highest BCUT2D eigenvalue weighted by Gasteiger charge is 2.59. The molecule has 0 aliphatic rings. The minimum absolute atomic E-state index is 0.205. The zero-order chi connectivity index (χ0) is 35.1. The Labute approximate surface area is 263 Å². The lowest BCUT2D eigenvalue weighted by Gasteiger charge is -2.27. The zero-order valence-electron chi connectivity index (χ0n) is 23.9. The number of halogens is 8. The van der Waals surface area contributed by atoms with Crippen molar-refractivity contribution in [1.82, 2.24) is 0 Å². The first-order chi connectivity index (χ1) is 21.5. The van der Waals surface area contributed by atoms with E-state index in [1.54, 1.807) is 0 Å². The smallest absolute Gasteiger partial charge is 0.339 e. The van der Waals surface area contributed by atoms with Crippen molar-refractivity contribution >= 4 is 20.2 Å². The van der Waals surface area contributed by atoms with Crippen LogP contribution in [0.1, 0.15) is 22.3 Å². The van der Waals surface area contributed by atoms with E-state index in [-0.39, 0.29) is 11.5 Å². The summed E-state index contributed by atoms with van der Waals surface area (Å²) in [5.41, 5.74) is -4.79. The molecule has 0 fully saturated rings. The van der Waals surface area contributed by atoms with E-state index in [0.29, 0.717) is 61.0 Å². The van der Waals surface area contributed by atoms with E-state index in [4.69, 9.17) is 4.74 Å². The molecule has 0 aliphatic heterocycles. The van der Waals surface area contributed by atoms with Gasteiger partial charge in [-0.25, -0.2) is 0 Å². The van der Waals surface area contributed by atoms with E-state index >= 15 is 17.6 Å². The Hall–Kier alpha value is -4.38. The Morgan fingerprint density at radius 3 is 1.02 bits per heavy atom. The maximum atomic E-state index is 15.0. The first kappa shape index (κ1) is 35.5. The van der Waals surface area contributed by atoms with Gasteiger partial charge in [0.25, 0.3) is 0 Å². The van der Waals surface area contributed by atoms with Crippen LogP contribution in [-0.2, 0) is 43.9 Å². The first-order valence-electron chi connectivity index (χ1n) is 12.9. The number of rotatable bonds is 12. The van der Waals surface area contributed by atoms with E-state index in [1.807, 2.05) is 0 Å². The molecule has 0 heterocycles. The molecule has 0 radical (unpaired) electrons. The maximum absolute atomic E-state index is 15.0. The summed E-state index contributed by atoms with van der Waals surface area (Å²) in [6.45, 7) is 0. The van der Waals surface area contributed by atoms with Crippen molar-refractivity contribution in [3.63, 3.8) is 0 Å². The van der Waals surface area contributed by atoms with Crippen LogP contribution in [0.15, 0.2) is 97.1 Å². The molecule has 4 aromatic carbocycles. The number of ether oxygens (including phenoxy) is 1. The number of hydrogen-bond donors (Lipinski definition) is 0. The summed E-state index contributed by atoms with van der Waals surface area (Å²) >= 11 is 0. The maximum Gasteiger partial charge on any atom is 0.339 e. The normalized spacial score (nSPS) is 13.2. The zero-order valence-corrected chi connectivity index (χ0v) is 25.6. The summed E-state index contributed by atoms with van der Waals surface area (Å²) in [7, 11) is -8.26. The molecule has 0 bridgehead atoms. The highest BCUT2D eigenvalue weighted by Crippen LogP contribution is 2.51. The molecule has 47 heavy (non-hydrogen) atoms. The van der Waals surface area contributed by atoms with E-state index in [0.717, 1.165) is 48.5 Å². The van der Waals surface area contributed by atoms with Gasteiger partial charge in [-0.05, 0) is 72.8 Å². The van der Waals surface area contributed by atoms with Crippen LogP contribution in [0.2, 0.25) is 0 Å². The van der Waals surface area contributed by atoms with Crippen molar-refractivity contribution in [3.8, 4) is 23.0 Å². The van der Waals surface area contributed by atoms with Crippen LogP contribution in [0.5, 0.6) is 23.0 Å². The lowest BCUT2D eigenvalue weighted by atomic mass is 9.95. The predicted molar refractivity (Wildman–Crippen MR) is 152 cm³/mol. The molecule has 0 aromatic heterocycles. The van der Waals surface area contributed by atoms with Crippen molar-refractivity contribution in [3.05, 3.63) is 119 Å². The lowest BCUT2D eigenvalue weighted by Crippen LogP contribution is -2.35. The summed E-state index contributed by atoms with van der Waals surface area (Å²) in [5, 5.41) is 0. The molecule has 4 aromatic rings. The van der Waals surface area contributed by atoms with E-state index in [2.05, 4.69) is 8.37 Å². The van der Waals surface area contributed by atoms with Gasteiger partial charge in [0.05, 0.1) is 12.5 Å². The quantitative estimate of drug-likeness (QED) is 0.109. The second-order valence-corrected chi connectivity index (χ2v) is 13.2. The van der Waals surface area contributed by atoms with Gasteiger partial charge in [0.15, 0.2) is 0 Å². The Kier molecular flexibility index (Phi) is 9.31. The van der Waals surface area contributed by atoms with Gasteiger partial charge in [-0.3, -0.25) is 0 Å². The summed E-state index contributed by atoms with van der Waals surface area (Å²) in [5.74, 6) is -20.9. The molecule has 0 spiro atoms. The third kappa shape index (κ3) is 7.78. The fourth-order valence-electron chi connectivity index (χ4n) is 4.16. The number of alkyl halides is 8. The van der Waals surface area contributed by atoms with E-state index < -0.39 is 77.7 Å². The predicted octanol–water partition coefficient (Wildman–Crippen LogP) is 7.92. The molecule has 0 N–H and O–H groups in total. The van der Waals surface area contributed by atoms with Crippen LogP contribution in [0.3, 0.4) is 0 Å². The van der Waals surface area contributed by atoms with Gasteiger partial charge in [-0.15, -0.1) is 0 Å². The van der Waals surface area contributed by atoms with Crippen molar-refractivity contribution in [1.29, 1.82) is 0 Å². The highest BCUT2D eigenvalue weighted by molar-refractivity contribution is 7.86. The van der Waals surface area contributed by atoms with Gasteiger partial charge in [0.1, 0.15) is 23.0 Å². The molecule has 0 atom stereocenters. The van der Waals surface area contributed by atoms with Gasteiger partial charge in [0.2, 0.25) is 0 Å². The lowest BCUT2D eigenvalue weighted by molar-refractivity contribution is -0.223. The molecular weight excluding hydrogens is 688 g/mol. The molecule has 0 unspecified atom stereocenters. The van der Waals surface area contributed by atoms with Crippen LogP contribution in [-0.4, -0.2) is 29.3 Å². The molecule has 7 nitrogen and oxygen atoms in total. The van der Waals surface area contributed by atoms with Crippen molar-refractivity contribution in [2.75, 3.05) is 12.5 Å². The first-order valence-corrected chi connectivity index (χ1v) is 16.6. The summed E-state index contributed by atoms with van der Waals surface area (Å²) < 4.78 is 179. The molecular formula is C30H22F8O7S2. The average Bonchev–Trinajstić information content (AvgIpc) is 2.96. The SMILES string of the molecule is CS(=O)(=O)Oc1cccc(C(F)(F)C(F)(F)c2ccc(Oc3ccc(C(F)(F)C(F)(F)c4cccc(OS(C)(=O)=O)c4)cc3)cc2)c1. The van der Waals surface area contributed by atoms with Crippen LogP contribution >= 0.6 is 0 Å². The Morgan fingerprint density at radius 1 is 0.426 bits per heavy atom. The third-order valence-electron chi connectivity index (χ3n) is 6.35. The van der Waals surface area contributed by atoms with Crippen LogP contribution in [0, 0.1) is 0 Å². The summed E-state index contributed by atoms with van der Waals surface area (Å²) in [6, 6.07) is 12.0. The summed E-state index contributed by atoms with van der Waals surface area (Å²) in [6.07, 6.45) is 1.28. The molecule has 0 saturated carbocycles. The molecule has 17 heteroatoms. The fraction of sp³-hybridized carbons (Fsp3) is 0.200. The topological polar surface area (TPSA) is 96.0 Å². The molecule has 0 saturated heterocycles. The van der Waals surface area contributed by atoms with Gasteiger partial charge in [0, 0.05) is 22.3 Å². The van der Waals surface area contributed by atoms with Crippen molar-refractivity contribution < 1.29 is 65.1 Å². The molecule has 0 amide bonds. The molecule has 252 valence electrons. The fourth-order valence-corrected chi connectivity index (χ4v) is 5.07. The van der Waals surface area contributed by atoms with Crippen LogP contribution < -0.4 is 13.1 Å². The van der Waals surface area contributed by atoms with Crippen molar-refractivity contribution in [2.45, 2.75) is 23.7 Å². The Balaban J connectivity index is 1.51. The second-order valence-electron chi connectivity index (χ2n) is 10.1. The van der Waals surface area contributed by atoms with Gasteiger partial charge in [-0.2, -0.15) is 52.0 Å².